The smallest absolute Gasteiger partial charge is 0.217 e. The molecular weight excluding hydrogens is 478 g/mol. The highest BCUT2D eigenvalue weighted by molar-refractivity contribution is 5.98. The molecule has 208 valence electrons. The molecule has 0 radical (unpaired) electrons. The summed E-state index contributed by atoms with van der Waals surface area (Å²) in [6, 6.07) is -1.07. The minimum atomic E-state index is -1.42. The van der Waals surface area contributed by atoms with Gasteiger partial charge in [0.25, 0.3) is 0 Å². The Hall–Kier alpha value is -1.62. The Balaban J connectivity index is 1.61. The summed E-state index contributed by atoms with van der Waals surface area (Å²) in [4.78, 5) is 25.3. The number of amides is 1. The van der Waals surface area contributed by atoms with E-state index in [0.717, 1.165) is 24.8 Å². The van der Waals surface area contributed by atoms with Gasteiger partial charge in [-0.3, -0.25) is 9.59 Å². The van der Waals surface area contributed by atoms with Crippen LogP contribution in [0.1, 0.15) is 66.2 Å². The normalized spacial score (nSPS) is 46.2. The number of hydrogen-bond donors (Lipinski definition) is 5. The molecule has 1 heterocycles. The summed E-state index contributed by atoms with van der Waals surface area (Å²) in [6.07, 6.45) is 0.236. The molecule has 9 nitrogen and oxygen atoms in total. The molecule has 0 aromatic heterocycles. The number of ether oxygens (including phenoxy) is 2. The van der Waals surface area contributed by atoms with E-state index in [-0.39, 0.29) is 29.1 Å². The quantitative estimate of drug-likeness (QED) is 0.330. The molecule has 0 spiro atoms. The maximum atomic E-state index is 13.5. The molecule has 10 atom stereocenters. The van der Waals surface area contributed by atoms with Crippen LogP contribution in [0.2, 0.25) is 0 Å². The summed E-state index contributed by atoms with van der Waals surface area (Å²) in [5.41, 5.74) is 0.965. The van der Waals surface area contributed by atoms with Crippen molar-refractivity contribution in [1.29, 1.82) is 0 Å². The standard InChI is InChI=1S/C28H43NO8/c1-6-26(3)9-7-17-16(12-26)18(32)11-20-27(17,4)10-8-21(33)28(20,5)14-36-25-22(29-15(2)31)24(35)23(34)19(13-30)37-25/h6,19-25,30,33-35H,1,7-14H2,2-5H3,(H,29,31)/t19-,20-,21+,22-,23-,24-,25+,26+,27-,28-/m1/s1. The van der Waals surface area contributed by atoms with Gasteiger partial charge in [0, 0.05) is 18.8 Å². The van der Waals surface area contributed by atoms with Gasteiger partial charge in [-0.25, -0.2) is 0 Å². The van der Waals surface area contributed by atoms with Crippen molar-refractivity contribution in [2.75, 3.05) is 13.2 Å². The zero-order chi connectivity index (χ0) is 27.3. The lowest BCUT2D eigenvalue weighted by molar-refractivity contribution is -0.284. The molecule has 0 bridgehead atoms. The molecule has 1 amide bonds. The van der Waals surface area contributed by atoms with Crippen molar-refractivity contribution in [3.8, 4) is 0 Å². The third-order valence-corrected chi connectivity index (χ3v) is 9.87. The van der Waals surface area contributed by atoms with Gasteiger partial charge >= 0.3 is 0 Å². The molecule has 1 saturated carbocycles. The number of aliphatic hydroxyl groups excluding tert-OH is 4. The first-order valence-corrected chi connectivity index (χ1v) is 13.4. The highest BCUT2D eigenvalue weighted by atomic mass is 16.7. The minimum absolute atomic E-state index is 0.0103. The van der Waals surface area contributed by atoms with Crippen molar-refractivity contribution in [1.82, 2.24) is 5.32 Å². The molecular formula is C28H43NO8. The molecule has 9 heteroatoms. The Kier molecular flexibility index (Phi) is 7.80. The molecule has 0 aromatic carbocycles. The van der Waals surface area contributed by atoms with E-state index >= 15 is 0 Å². The molecule has 4 aliphatic rings. The topological polar surface area (TPSA) is 146 Å². The zero-order valence-corrected chi connectivity index (χ0v) is 22.4. The number of aliphatic hydroxyl groups is 4. The number of carbonyl (C=O) groups excluding carboxylic acids is 2. The monoisotopic (exact) mass is 521 g/mol. The molecule has 5 N–H and O–H groups in total. The first-order chi connectivity index (χ1) is 17.3. The summed E-state index contributed by atoms with van der Waals surface area (Å²) in [6.45, 7) is 11.0. The number of nitrogens with one attached hydrogen (secondary N) is 1. The lowest BCUT2D eigenvalue weighted by Crippen LogP contribution is -2.65. The number of hydrogen-bond acceptors (Lipinski definition) is 8. The summed E-state index contributed by atoms with van der Waals surface area (Å²) >= 11 is 0. The Labute approximate surface area is 218 Å². The predicted octanol–water partition coefficient (Wildman–Crippen LogP) is 1.38. The van der Waals surface area contributed by atoms with Crippen molar-refractivity contribution in [2.24, 2.45) is 22.2 Å². The van der Waals surface area contributed by atoms with Crippen molar-refractivity contribution in [3.63, 3.8) is 0 Å². The van der Waals surface area contributed by atoms with Crippen LogP contribution >= 0.6 is 0 Å². The highest BCUT2D eigenvalue weighted by Crippen LogP contribution is 2.62. The van der Waals surface area contributed by atoms with Crippen LogP contribution in [-0.2, 0) is 19.1 Å². The maximum absolute atomic E-state index is 13.5. The van der Waals surface area contributed by atoms with Gasteiger partial charge in [-0.05, 0) is 54.4 Å². The van der Waals surface area contributed by atoms with Crippen LogP contribution in [0.4, 0.5) is 0 Å². The van der Waals surface area contributed by atoms with E-state index in [1.54, 1.807) is 0 Å². The molecule has 1 aliphatic heterocycles. The van der Waals surface area contributed by atoms with Crippen molar-refractivity contribution < 1.29 is 39.5 Å². The predicted molar refractivity (Wildman–Crippen MR) is 135 cm³/mol. The lowest BCUT2D eigenvalue weighted by atomic mass is 9.46. The Morgan fingerprint density at radius 3 is 2.54 bits per heavy atom. The van der Waals surface area contributed by atoms with E-state index in [9.17, 15) is 30.0 Å². The Morgan fingerprint density at radius 2 is 1.92 bits per heavy atom. The third kappa shape index (κ3) is 4.83. The van der Waals surface area contributed by atoms with E-state index in [4.69, 9.17) is 9.47 Å². The van der Waals surface area contributed by atoms with Gasteiger partial charge in [0.1, 0.15) is 24.4 Å². The summed E-state index contributed by atoms with van der Waals surface area (Å²) < 4.78 is 11.9. The fraction of sp³-hybridized carbons (Fsp3) is 0.786. The summed E-state index contributed by atoms with van der Waals surface area (Å²) in [5.74, 6) is -0.488. The van der Waals surface area contributed by atoms with Crippen LogP contribution in [0, 0.1) is 22.2 Å². The number of carbonyl (C=O) groups is 2. The fourth-order valence-corrected chi connectivity index (χ4v) is 7.33. The van der Waals surface area contributed by atoms with Gasteiger partial charge < -0.3 is 35.2 Å². The number of allylic oxidation sites excluding steroid dienone is 3. The van der Waals surface area contributed by atoms with Gasteiger partial charge in [0.2, 0.25) is 5.91 Å². The average molecular weight is 522 g/mol. The number of ketones is 1. The largest absolute Gasteiger partial charge is 0.394 e. The van der Waals surface area contributed by atoms with E-state index in [0.29, 0.717) is 19.3 Å². The second-order valence-corrected chi connectivity index (χ2v) is 12.4. The number of fused-ring (bicyclic) bond motifs is 2. The first kappa shape index (κ1) is 28.4. The van der Waals surface area contributed by atoms with Crippen molar-refractivity contribution in [2.45, 2.75) is 103 Å². The van der Waals surface area contributed by atoms with Crippen LogP contribution in [0.15, 0.2) is 23.8 Å². The first-order valence-electron chi connectivity index (χ1n) is 13.4. The summed E-state index contributed by atoms with van der Waals surface area (Å²) in [7, 11) is 0. The van der Waals surface area contributed by atoms with Crippen molar-refractivity contribution >= 4 is 11.7 Å². The Morgan fingerprint density at radius 1 is 1.22 bits per heavy atom. The van der Waals surface area contributed by atoms with Crippen LogP contribution in [-0.4, -0.2) is 82.1 Å². The van der Waals surface area contributed by atoms with Gasteiger partial charge in [-0.15, -0.1) is 6.58 Å². The minimum Gasteiger partial charge on any atom is -0.394 e. The van der Waals surface area contributed by atoms with Crippen molar-refractivity contribution in [3.05, 3.63) is 23.8 Å². The van der Waals surface area contributed by atoms with Gasteiger partial charge in [-0.2, -0.15) is 0 Å². The number of Topliss-reactive ketones (excluding diaryl/α,β-unsaturated/α-hetero) is 1. The number of rotatable bonds is 6. The molecule has 0 aromatic rings. The summed E-state index contributed by atoms with van der Waals surface area (Å²) in [5, 5.41) is 44.4. The zero-order valence-electron chi connectivity index (χ0n) is 22.4. The van der Waals surface area contributed by atoms with Crippen LogP contribution in [0.25, 0.3) is 0 Å². The van der Waals surface area contributed by atoms with Crippen LogP contribution in [0.5, 0.6) is 0 Å². The molecule has 1 saturated heterocycles. The van der Waals surface area contributed by atoms with Crippen LogP contribution in [0.3, 0.4) is 0 Å². The second-order valence-electron chi connectivity index (χ2n) is 12.4. The molecule has 37 heavy (non-hydrogen) atoms. The second kappa shape index (κ2) is 10.2. The molecule has 4 rings (SSSR count). The van der Waals surface area contributed by atoms with E-state index < -0.39 is 54.7 Å². The maximum Gasteiger partial charge on any atom is 0.217 e. The van der Waals surface area contributed by atoms with Crippen LogP contribution < -0.4 is 5.32 Å². The van der Waals surface area contributed by atoms with Gasteiger partial charge in [0.05, 0.1) is 19.3 Å². The van der Waals surface area contributed by atoms with E-state index in [2.05, 4.69) is 25.7 Å². The molecule has 0 unspecified atom stereocenters. The SMILES string of the molecule is C=C[C@@]1(C)CCC2=C(C1)C(=O)C[C@H]1[C@@](C)(CO[C@H]3O[C@H](CO)[C@@H](O)[C@H](O)[C@H]3NC(C)=O)[C@@H](O)CC[C@]21C. The molecule has 3 aliphatic carbocycles. The highest BCUT2D eigenvalue weighted by Gasteiger charge is 2.59. The van der Waals surface area contributed by atoms with Gasteiger partial charge in [0.15, 0.2) is 12.1 Å². The molecule has 2 fully saturated rings. The van der Waals surface area contributed by atoms with E-state index in [1.165, 1.54) is 12.5 Å². The fourth-order valence-electron chi connectivity index (χ4n) is 7.33. The third-order valence-electron chi connectivity index (χ3n) is 9.87. The Bertz CT molecular complexity index is 966. The lowest BCUT2D eigenvalue weighted by Gasteiger charge is -2.59. The van der Waals surface area contributed by atoms with E-state index in [1.807, 2.05) is 13.0 Å². The average Bonchev–Trinajstić information content (AvgIpc) is 2.86. The van der Waals surface area contributed by atoms with Gasteiger partial charge in [-0.1, -0.05) is 32.4 Å².